The predicted octanol–water partition coefficient (Wildman–Crippen LogP) is 3.54. The van der Waals surface area contributed by atoms with Gasteiger partial charge in [0, 0.05) is 12.1 Å². The zero-order valence-corrected chi connectivity index (χ0v) is 19.8. The molecule has 0 radical (unpaired) electrons. The lowest BCUT2D eigenvalue weighted by Crippen LogP contribution is -2.34. The van der Waals surface area contributed by atoms with Crippen molar-refractivity contribution >= 4 is 22.8 Å². The maximum Gasteiger partial charge on any atom is 0.401 e. The number of nitrogens with zero attached hydrogens (tertiary/aromatic N) is 3. The van der Waals surface area contributed by atoms with Gasteiger partial charge in [0.2, 0.25) is 0 Å². The number of hydrogen-bond donors (Lipinski definition) is 2. The molecule has 0 aliphatic carbocycles. The van der Waals surface area contributed by atoms with E-state index < -0.39 is 31.0 Å². The molecule has 3 aliphatic rings. The van der Waals surface area contributed by atoms with Gasteiger partial charge in [-0.15, -0.1) is 0 Å². The molecule has 3 saturated heterocycles. The topological polar surface area (TPSA) is 92.7 Å². The van der Waals surface area contributed by atoms with E-state index in [0.29, 0.717) is 41.4 Å². The summed E-state index contributed by atoms with van der Waals surface area (Å²) in [6, 6.07) is 9.58. The summed E-state index contributed by atoms with van der Waals surface area (Å²) in [6.07, 6.45) is -5.33. The molecule has 0 bridgehead atoms. The van der Waals surface area contributed by atoms with Crippen molar-refractivity contribution < 1.29 is 32.5 Å². The number of alkyl halides is 3. The van der Waals surface area contributed by atoms with E-state index in [0.717, 1.165) is 11.1 Å². The molecule has 192 valence electrons. The van der Waals surface area contributed by atoms with Gasteiger partial charge in [-0.25, -0.2) is 4.98 Å². The summed E-state index contributed by atoms with van der Waals surface area (Å²) < 4.78 is 55.2. The molecule has 3 fully saturated rings. The van der Waals surface area contributed by atoms with Crippen LogP contribution in [0.3, 0.4) is 0 Å². The fourth-order valence-electron chi connectivity index (χ4n) is 5.26. The first-order chi connectivity index (χ1) is 17.2. The number of aliphatic hydroxyl groups excluding tert-OH is 1. The third-order valence-electron chi connectivity index (χ3n) is 6.98. The molecule has 5 heterocycles. The number of pyridine rings is 1. The number of aliphatic hydroxyl groups is 1. The van der Waals surface area contributed by atoms with Gasteiger partial charge in [0.25, 0.3) is 6.01 Å². The van der Waals surface area contributed by atoms with E-state index in [1.165, 1.54) is 4.90 Å². The smallest absolute Gasteiger partial charge is 0.401 e. The molecular formula is C24H24ClF3N4O4. The second-order valence-corrected chi connectivity index (χ2v) is 9.92. The highest BCUT2D eigenvalue weighted by molar-refractivity contribution is 6.33. The Kier molecular flexibility index (Phi) is 6.08. The molecule has 3 aromatic rings. The SMILES string of the molecule is O[C@@H]1COC2C1OC[C@H]2Oc1nc2nc(-c3ccc(C4CCN(CC(F)(F)F)C4)cc3)c(Cl)cc2[nH]1. The van der Waals surface area contributed by atoms with Gasteiger partial charge in [0.05, 0.1) is 36.0 Å². The molecule has 0 amide bonds. The maximum absolute atomic E-state index is 12.7. The number of hydrogen-bond acceptors (Lipinski definition) is 7. The summed E-state index contributed by atoms with van der Waals surface area (Å²) in [5.41, 5.74) is 3.35. The molecule has 1 aromatic carbocycles. The third-order valence-corrected chi connectivity index (χ3v) is 7.27. The summed E-state index contributed by atoms with van der Waals surface area (Å²) in [5.74, 6) is 0.0579. The monoisotopic (exact) mass is 524 g/mol. The molecule has 2 N–H and O–H groups in total. The quantitative estimate of drug-likeness (QED) is 0.527. The summed E-state index contributed by atoms with van der Waals surface area (Å²) in [6.45, 7) is 0.435. The number of aromatic amines is 1. The van der Waals surface area contributed by atoms with Crippen molar-refractivity contribution in [2.45, 2.75) is 42.9 Å². The minimum atomic E-state index is -4.18. The van der Waals surface area contributed by atoms with Gasteiger partial charge in [-0.1, -0.05) is 35.9 Å². The molecule has 8 nitrogen and oxygen atoms in total. The van der Waals surface area contributed by atoms with E-state index in [4.69, 9.17) is 25.8 Å². The van der Waals surface area contributed by atoms with E-state index >= 15 is 0 Å². The zero-order valence-electron chi connectivity index (χ0n) is 19.0. The second kappa shape index (κ2) is 9.14. The van der Waals surface area contributed by atoms with Crippen LogP contribution in [0.25, 0.3) is 22.4 Å². The minimum Gasteiger partial charge on any atom is -0.456 e. The Balaban J connectivity index is 1.17. The molecule has 12 heteroatoms. The first kappa shape index (κ1) is 23.9. The zero-order chi connectivity index (χ0) is 25.0. The number of ether oxygens (including phenoxy) is 3. The lowest BCUT2D eigenvalue weighted by Gasteiger charge is -2.18. The Morgan fingerprint density at radius 2 is 1.92 bits per heavy atom. The molecule has 3 unspecified atom stereocenters. The standard InChI is InChI=1S/C24H24ClF3N4O4/c25-15-7-16-22(31-23(29-16)36-18-10-35-20-17(33)9-34-21(18)20)30-19(15)13-3-1-12(2-4-13)14-5-6-32(8-14)11-24(26,27)28/h1-4,7,14,17-18,20-21,33H,5-6,8-11H2,(H,29,30,31)/t14?,17-,18-,20?,21?/m1/s1. The molecule has 0 spiro atoms. The maximum atomic E-state index is 12.7. The number of nitrogens with one attached hydrogen (secondary N) is 1. The molecule has 36 heavy (non-hydrogen) atoms. The third kappa shape index (κ3) is 4.66. The average molecular weight is 525 g/mol. The number of rotatable bonds is 5. The Hall–Kier alpha value is -2.44. The number of aromatic nitrogens is 3. The minimum absolute atomic E-state index is 0.0579. The van der Waals surface area contributed by atoms with Crippen LogP contribution >= 0.6 is 11.6 Å². The van der Waals surface area contributed by atoms with Crippen LogP contribution < -0.4 is 4.74 Å². The predicted molar refractivity (Wildman–Crippen MR) is 124 cm³/mol. The van der Waals surface area contributed by atoms with Crippen molar-refractivity contribution in [3.05, 3.63) is 40.9 Å². The van der Waals surface area contributed by atoms with Crippen LogP contribution in [0.4, 0.5) is 13.2 Å². The molecular weight excluding hydrogens is 501 g/mol. The molecule has 2 aromatic heterocycles. The average Bonchev–Trinajstić information content (AvgIpc) is 3.60. The fraction of sp³-hybridized carbons (Fsp3) is 0.500. The number of imidazole rings is 1. The normalized spacial score (nSPS) is 28.8. The Morgan fingerprint density at radius 3 is 2.69 bits per heavy atom. The van der Waals surface area contributed by atoms with Crippen LogP contribution in [-0.4, -0.2) is 88.4 Å². The number of benzene rings is 1. The van der Waals surface area contributed by atoms with Gasteiger partial charge in [-0.05, 0) is 30.5 Å². The Bertz CT molecular complexity index is 1250. The van der Waals surface area contributed by atoms with Gasteiger partial charge < -0.3 is 24.3 Å². The number of halogens is 4. The number of fused-ring (bicyclic) bond motifs is 2. The Labute approximate surface area is 209 Å². The van der Waals surface area contributed by atoms with Gasteiger partial charge in [-0.2, -0.15) is 18.2 Å². The number of likely N-dealkylation sites (tertiary alicyclic amines) is 1. The van der Waals surface area contributed by atoms with Gasteiger partial charge in [0.15, 0.2) is 11.8 Å². The van der Waals surface area contributed by atoms with Crippen molar-refractivity contribution in [2.24, 2.45) is 0 Å². The summed E-state index contributed by atoms with van der Waals surface area (Å²) in [5, 5.41) is 10.3. The molecule has 6 rings (SSSR count). The highest BCUT2D eigenvalue weighted by Crippen LogP contribution is 2.34. The first-order valence-electron chi connectivity index (χ1n) is 11.8. The highest BCUT2D eigenvalue weighted by atomic mass is 35.5. The number of H-pyrrole nitrogens is 1. The van der Waals surface area contributed by atoms with Gasteiger partial charge in [-0.3, -0.25) is 4.90 Å². The van der Waals surface area contributed by atoms with Gasteiger partial charge >= 0.3 is 6.18 Å². The van der Waals surface area contributed by atoms with Gasteiger partial charge in [0.1, 0.15) is 18.3 Å². The highest BCUT2D eigenvalue weighted by Gasteiger charge is 2.48. The molecule has 3 aliphatic heterocycles. The van der Waals surface area contributed by atoms with E-state index in [1.54, 1.807) is 6.07 Å². The van der Waals surface area contributed by atoms with E-state index in [9.17, 15) is 18.3 Å². The summed E-state index contributed by atoms with van der Waals surface area (Å²) >= 11 is 6.52. The fourth-order valence-corrected chi connectivity index (χ4v) is 5.52. The van der Waals surface area contributed by atoms with Crippen molar-refractivity contribution in [2.75, 3.05) is 32.8 Å². The first-order valence-corrected chi connectivity index (χ1v) is 12.1. The van der Waals surface area contributed by atoms with Crippen LogP contribution in [0.15, 0.2) is 30.3 Å². The van der Waals surface area contributed by atoms with Crippen molar-refractivity contribution in [1.82, 2.24) is 19.9 Å². The van der Waals surface area contributed by atoms with E-state index in [1.807, 2.05) is 24.3 Å². The van der Waals surface area contributed by atoms with E-state index in [2.05, 4.69) is 15.0 Å². The van der Waals surface area contributed by atoms with Crippen LogP contribution in [0.5, 0.6) is 6.01 Å². The van der Waals surface area contributed by atoms with Crippen molar-refractivity contribution in [1.29, 1.82) is 0 Å². The van der Waals surface area contributed by atoms with Crippen LogP contribution in [0, 0.1) is 0 Å². The summed E-state index contributed by atoms with van der Waals surface area (Å²) in [7, 11) is 0. The second-order valence-electron chi connectivity index (χ2n) is 9.51. The molecule has 0 saturated carbocycles. The van der Waals surface area contributed by atoms with Crippen molar-refractivity contribution in [3.63, 3.8) is 0 Å². The van der Waals surface area contributed by atoms with Crippen LogP contribution in [0.1, 0.15) is 17.9 Å². The van der Waals surface area contributed by atoms with Crippen molar-refractivity contribution in [3.8, 4) is 17.3 Å². The lowest BCUT2D eigenvalue weighted by atomic mass is 9.96. The molecule has 5 atom stereocenters. The lowest BCUT2D eigenvalue weighted by molar-refractivity contribution is -0.143. The van der Waals surface area contributed by atoms with E-state index in [-0.39, 0.29) is 31.2 Å². The van der Waals surface area contributed by atoms with Crippen LogP contribution in [-0.2, 0) is 9.47 Å². The Morgan fingerprint density at radius 1 is 1.14 bits per heavy atom. The van der Waals surface area contributed by atoms with Crippen LogP contribution in [0.2, 0.25) is 5.02 Å². The summed E-state index contributed by atoms with van der Waals surface area (Å²) in [4.78, 5) is 13.6. The largest absolute Gasteiger partial charge is 0.456 e.